The Morgan fingerprint density at radius 2 is 2.00 bits per heavy atom. The van der Waals surface area contributed by atoms with E-state index in [1.807, 2.05) is 43.4 Å². The molecule has 0 spiro atoms. The highest BCUT2D eigenvalue weighted by Crippen LogP contribution is 2.18. The van der Waals surface area contributed by atoms with E-state index < -0.39 is 0 Å². The first-order chi connectivity index (χ1) is 10.1. The molecule has 0 fully saturated rings. The Labute approximate surface area is 125 Å². The first-order valence-electron chi connectivity index (χ1n) is 7.08. The molecule has 0 atom stereocenters. The maximum absolute atomic E-state index is 12.6. The highest BCUT2D eigenvalue weighted by Gasteiger charge is 2.16. The van der Waals surface area contributed by atoms with Crippen molar-refractivity contribution in [3.05, 3.63) is 59.9 Å². The van der Waals surface area contributed by atoms with Crippen LogP contribution in [0.5, 0.6) is 0 Å². The van der Waals surface area contributed by atoms with E-state index in [4.69, 9.17) is 0 Å². The molecule has 0 unspecified atom stereocenters. The SMILES string of the molecule is CC(C)Nc1ccccc1C(=O)N(C)Cc1cccnc1. The van der Waals surface area contributed by atoms with Crippen LogP contribution in [0.2, 0.25) is 0 Å². The fraction of sp³-hybridized carbons (Fsp3) is 0.294. The van der Waals surface area contributed by atoms with Crippen LogP contribution in [0.15, 0.2) is 48.8 Å². The second-order valence-corrected chi connectivity index (χ2v) is 5.37. The van der Waals surface area contributed by atoms with Crippen LogP contribution in [0.1, 0.15) is 29.8 Å². The van der Waals surface area contributed by atoms with Gasteiger partial charge >= 0.3 is 0 Å². The average molecular weight is 283 g/mol. The van der Waals surface area contributed by atoms with E-state index in [0.29, 0.717) is 12.1 Å². The molecule has 1 amide bonds. The summed E-state index contributed by atoms with van der Waals surface area (Å²) in [7, 11) is 1.81. The van der Waals surface area contributed by atoms with Crippen LogP contribution in [0.25, 0.3) is 0 Å². The van der Waals surface area contributed by atoms with Crippen molar-refractivity contribution in [1.82, 2.24) is 9.88 Å². The minimum absolute atomic E-state index is 0.00241. The molecule has 4 nitrogen and oxygen atoms in total. The Bertz CT molecular complexity index is 596. The predicted octanol–water partition coefficient (Wildman–Crippen LogP) is 3.17. The van der Waals surface area contributed by atoms with Gasteiger partial charge in [-0.15, -0.1) is 0 Å². The zero-order valence-electron chi connectivity index (χ0n) is 12.7. The summed E-state index contributed by atoms with van der Waals surface area (Å²) in [6.45, 7) is 4.66. The summed E-state index contributed by atoms with van der Waals surface area (Å²) in [5.74, 6) is 0.00241. The summed E-state index contributed by atoms with van der Waals surface area (Å²) in [6, 6.07) is 11.7. The third-order valence-corrected chi connectivity index (χ3v) is 3.09. The highest BCUT2D eigenvalue weighted by molar-refractivity contribution is 5.99. The van der Waals surface area contributed by atoms with Gasteiger partial charge in [-0.25, -0.2) is 0 Å². The van der Waals surface area contributed by atoms with Crippen molar-refractivity contribution in [2.75, 3.05) is 12.4 Å². The van der Waals surface area contributed by atoms with Gasteiger partial charge in [-0.3, -0.25) is 9.78 Å². The van der Waals surface area contributed by atoms with Gasteiger partial charge in [-0.2, -0.15) is 0 Å². The van der Waals surface area contributed by atoms with Gasteiger partial charge in [-0.05, 0) is 37.6 Å². The quantitative estimate of drug-likeness (QED) is 0.916. The number of rotatable bonds is 5. The second kappa shape index (κ2) is 6.88. The van der Waals surface area contributed by atoms with Gasteiger partial charge in [0, 0.05) is 37.7 Å². The summed E-state index contributed by atoms with van der Waals surface area (Å²) in [4.78, 5) is 18.4. The lowest BCUT2D eigenvalue weighted by molar-refractivity contribution is 0.0786. The molecule has 0 saturated carbocycles. The van der Waals surface area contributed by atoms with Crippen molar-refractivity contribution in [3.8, 4) is 0 Å². The molecule has 0 radical (unpaired) electrons. The molecule has 0 aliphatic carbocycles. The zero-order valence-corrected chi connectivity index (χ0v) is 12.7. The number of amides is 1. The number of para-hydroxylation sites is 1. The van der Waals surface area contributed by atoms with Crippen molar-refractivity contribution in [2.24, 2.45) is 0 Å². The molecule has 2 rings (SSSR count). The zero-order chi connectivity index (χ0) is 15.2. The fourth-order valence-corrected chi connectivity index (χ4v) is 2.15. The number of carbonyl (C=O) groups is 1. The van der Waals surface area contributed by atoms with Crippen LogP contribution in [0.3, 0.4) is 0 Å². The molecule has 0 aliphatic rings. The van der Waals surface area contributed by atoms with Gasteiger partial charge in [-0.1, -0.05) is 18.2 Å². The van der Waals surface area contributed by atoms with Gasteiger partial charge in [0.2, 0.25) is 0 Å². The Hall–Kier alpha value is -2.36. The highest BCUT2D eigenvalue weighted by atomic mass is 16.2. The Morgan fingerprint density at radius 1 is 1.24 bits per heavy atom. The van der Waals surface area contributed by atoms with E-state index in [2.05, 4.69) is 24.1 Å². The Morgan fingerprint density at radius 3 is 2.67 bits per heavy atom. The largest absolute Gasteiger partial charge is 0.382 e. The lowest BCUT2D eigenvalue weighted by Crippen LogP contribution is -2.27. The molecule has 0 bridgehead atoms. The van der Waals surface area contributed by atoms with Gasteiger partial charge < -0.3 is 10.2 Å². The summed E-state index contributed by atoms with van der Waals surface area (Å²) >= 11 is 0. The van der Waals surface area contributed by atoms with Crippen molar-refractivity contribution in [2.45, 2.75) is 26.4 Å². The molecule has 1 aromatic carbocycles. The molecule has 0 saturated heterocycles. The number of nitrogens with one attached hydrogen (secondary N) is 1. The van der Waals surface area contributed by atoms with Gasteiger partial charge in [0.15, 0.2) is 0 Å². The van der Waals surface area contributed by atoms with Crippen molar-refractivity contribution < 1.29 is 4.79 Å². The number of pyridine rings is 1. The van der Waals surface area contributed by atoms with E-state index in [1.165, 1.54) is 0 Å². The Kier molecular flexibility index (Phi) is 4.93. The van der Waals surface area contributed by atoms with E-state index in [0.717, 1.165) is 11.3 Å². The number of hydrogen-bond acceptors (Lipinski definition) is 3. The summed E-state index contributed by atoms with van der Waals surface area (Å²) in [6.07, 6.45) is 3.51. The van der Waals surface area contributed by atoms with Gasteiger partial charge in [0.05, 0.1) is 5.56 Å². The molecule has 110 valence electrons. The smallest absolute Gasteiger partial charge is 0.255 e. The number of benzene rings is 1. The van der Waals surface area contributed by atoms with Gasteiger partial charge in [0.25, 0.3) is 5.91 Å². The van der Waals surface area contributed by atoms with E-state index in [-0.39, 0.29) is 11.9 Å². The standard InChI is InChI=1S/C17H21N3O/c1-13(2)19-16-9-5-4-8-15(16)17(21)20(3)12-14-7-6-10-18-11-14/h4-11,13,19H,12H2,1-3H3. The van der Waals surface area contributed by atoms with Crippen LogP contribution in [-0.4, -0.2) is 28.9 Å². The maximum atomic E-state index is 12.6. The average Bonchev–Trinajstić information content (AvgIpc) is 2.47. The third kappa shape index (κ3) is 4.05. The summed E-state index contributed by atoms with van der Waals surface area (Å²) in [5.41, 5.74) is 2.58. The molecule has 1 heterocycles. The maximum Gasteiger partial charge on any atom is 0.255 e. The molecule has 4 heteroatoms. The lowest BCUT2D eigenvalue weighted by atomic mass is 10.1. The monoisotopic (exact) mass is 283 g/mol. The van der Waals surface area contributed by atoms with Crippen LogP contribution < -0.4 is 5.32 Å². The lowest BCUT2D eigenvalue weighted by Gasteiger charge is -2.20. The molecule has 2 aromatic rings. The molecule has 21 heavy (non-hydrogen) atoms. The van der Waals surface area contributed by atoms with Gasteiger partial charge in [0.1, 0.15) is 0 Å². The number of nitrogens with zero attached hydrogens (tertiary/aromatic N) is 2. The number of aromatic nitrogens is 1. The molecule has 1 N–H and O–H groups in total. The first kappa shape index (κ1) is 15.0. The second-order valence-electron chi connectivity index (χ2n) is 5.37. The number of anilines is 1. The summed E-state index contributed by atoms with van der Waals surface area (Å²) < 4.78 is 0. The minimum Gasteiger partial charge on any atom is -0.382 e. The summed E-state index contributed by atoms with van der Waals surface area (Å²) in [5, 5.41) is 3.31. The van der Waals surface area contributed by atoms with E-state index in [9.17, 15) is 4.79 Å². The van der Waals surface area contributed by atoms with Crippen molar-refractivity contribution in [3.63, 3.8) is 0 Å². The van der Waals surface area contributed by atoms with E-state index in [1.54, 1.807) is 17.3 Å². The molecular weight excluding hydrogens is 262 g/mol. The predicted molar refractivity (Wildman–Crippen MR) is 85.2 cm³/mol. The molecule has 1 aromatic heterocycles. The van der Waals surface area contributed by atoms with Crippen LogP contribution in [0.4, 0.5) is 5.69 Å². The van der Waals surface area contributed by atoms with Crippen molar-refractivity contribution in [1.29, 1.82) is 0 Å². The number of carbonyl (C=O) groups excluding carboxylic acids is 1. The van der Waals surface area contributed by atoms with Crippen LogP contribution >= 0.6 is 0 Å². The van der Waals surface area contributed by atoms with Crippen LogP contribution in [0, 0.1) is 0 Å². The molecular formula is C17H21N3O. The third-order valence-electron chi connectivity index (χ3n) is 3.09. The number of hydrogen-bond donors (Lipinski definition) is 1. The van der Waals surface area contributed by atoms with Crippen LogP contribution in [-0.2, 0) is 6.54 Å². The first-order valence-corrected chi connectivity index (χ1v) is 7.08. The Balaban J connectivity index is 2.16. The molecule has 0 aliphatic heterocycles. The minimum atomic E-state index is 0.00241. The topological polar surface area (TPSA) is 45.2 Å². The van der Waals surface area contributed by atoms with E-state index >= 15 is 0 Å². The fourth-order valence-electron chi connectivity index (χ4n) is 2.15. The normalized spacial score (nSPS) is 10.5. The van der Waals surface area contributed by atoms with Crippen molar-refractivity contribution >= 4 is 11.6 Å².